The van der Waals surface area contributed by atoms with Gasteiger partial charge < -0.3 is 14.6 Å². The van der Waals surface area contributed by atoms with Gasteiger partial charge in [-0.05, 0) is 24.3 Å². The van der Waals surface area contributed by atoms with Gasteiger partial charge in [0.2, 0.25) is 0 Å². The number of fused-ring (bicyclic) bond motifs is 1. The molecule has 0 aliphatic heterocycles. The Kier molecular flexibility index (Phi) is 3.65. The summed E-state index contributed by atoms with van der Waals surface area (Å²) in [6, 6.07) is 9.97. The first-order valence-corrected chi connectivity index (χ1v) is 6.64. The first-order chi connectivity index (χ1) is 10.7. The Morgan fingerprint density at radius 2 is 2.18 bits per heavy atom. The number of carbonyl (C=O) groups is 1. The van der Waals surface area contributed by atoms with Crippen LogP contribution >= 0.6 is 0 Å². The molecule has 0 atom stereocenters. The first-order valence-electron chi connectivity index (χ1n) is 6.64. The van der Waals surface area contributed by atoms with Gasteiger partial charge >= 0.3 is 5.97 Å². The van der Waals surface area contributed by atoms with Crippen molar-refractivity contribution in [3.8, 4) is 11.5 Å². The number of methoxy groups -OCH3 is 1. The van der Waals surface area contributed by atoms with Crippen LogP contribution in [0.1, 0.15) is 16.1 Å². The molecule has 1 N–H and O–H groups in total. The summed E-state index contributed by atoms with van der Waals surface area (Å²) in [4.78, 5) is 16.0. The van der Waals surface area contributed by atoms with Gasteiger partial charge in [-0.25, -0.2) is 9.78 Å². The summed E-state index contributed by atoms with van der Waals surface area (Å²) in [7, 11) is 1.33. The molecule has 3 rings (SSSR count). The van der Waals surface area contributed by atoms with E-state index in [1.807, 2.05) is 0 Å². The number of nitrogens with zero attached hydrogens (tertiary/aromatic N) is 2. The summed E-state index contributed by atoms with van der Waals surface area (Å²) in [5.41, 5.74) is 1.70. The maximum absolute atomic E-state index is 11.7. The van der Waals surface area contributed by atoms with Crippen LogP contribution in [0.15, 0.2) is 48.8 Å². The highest BCUT2D eigenvalue weighted by atomic mass is 16.5. The highest BCUT2D eigenvalue weighted by Gasteiger charge is 2.14. The lowest BCUT2D eigenvalue weighted by Crippen LogP contribution is -2.05. The summed E-state index contributed by atoms with van der Waals surface area (Å²) in [5, 5.41) is 9.42. The van der Waals surface area contributed by atoms with E-state index in [-0.39, 0.29) is 12.4 Å². The van der Waals surface area contributed by atoms with Crippen molar-refractivity contribution in [3.63, 3.8) is 0 Å². The number of phenols is 1. The second-order valence-electron chi connectivity index (χ2n) is 4.64. The van der Waals surface area contributed by atoms with Crippen molar-refractivity contribution in [1.82, 2.24) is 9.38 Å². The third-order valence-corrected chi connectivity index (χ3v) is 3.22. The Hall–Kier alpha value is -3.02. The van der Waals surface area contributed by atoms with E-state index in [9.17, 15) is 9.90 Å². The Balaban J connectivity index is 1.87. The highest BCUT2D eigenvalue weighted by Crippen LogP contribution is 2.20. The second kappa shape index (κ2) is 5.77. The van der Waals surface area contributed by atoms with Gasteiger partial charge in [-0.3, -0.25) is 4.40 Å². The Morgan fingerprint density at radius 3 is 2.95 bits per heavy atom. The molecule has 2 heterocycles. The number of rotatable bonds is 4. The van der Waals surface area contributed by atoms with Crippen molar-refractivity contribution in [1.29, 1.82) is 0 Å². The number of ether oxygens (including phenoxy) is 2. The topological polar surface area (TPSA) is 73.1 Å². The molecule has 3 aromatic rings. The molecule has 6 nitrogen and oxygen atoms in total. The fraction of sp³-hybridized carbons (Fsp3) is 0.125. The largest absolute Gasteiger partial charge is 0.508 e. The van der Waals surface area contributed by atoms with Crippen LogP contribution in [0.5, 0.6) is 11.5 Å². The van der Waals surface area contributed by atoms with E-state index in [2.05, 4.69) is 4.98 Å². The number of benzene rings is 1. The number of hydrogen-bond donors (Lipinski definition) is 1. The van der Waals surface area contributed by atoms with Crippen LogP contribution in [0.2, 0.25) is 0 Å². The number of aromatic nitrogens is 2. The van der Waals surface area contributed by atoms with E-state index in [0.717, 1.165) is 5.69 Å². The predicted molar refractivity (Wildman–Crippen MR) is 79.0 cm³/mol. The van der Waals surface area contributed by atoms with Crippen LogP contribution < -0.4 is 4.74 Å². The normalized spacial score (nSPS) is 10.6. The summed E-state index contributed by atoms with van der Waals surface area (Å²) < 4.78 is 12.1. The van der Waals surface area contributed by atoms with Gasteiger partial charge in [0.15, 0.2) is 5.65 Å². The fourth-order valence-corrected chi connectivity index (χ4v) is 2.17. The van der Waals surface area contributed by atoms with Crippen LogP contribution in [-0.4, -0.2) is 27.6 Å². The van der Waals surface area contributed by atoms with E-state index >= 15 is 0 Å². The van der Waals surface area contributed by atoms with Gasteiger partial charge in [0.05, 0.1) is 19.0 Å². The van der Waals surface area contributed by atoms with Crippen LogP contribution in [0.4, 0.5) is 0 Å². The molecule has 0 spiro atoms. The minimum Gasteiger partial charge on any atom is -0.508 e. The van der Waals surface area contributed by atoms with Crippen molar-refractivity contribution in [2.45, 2.75) is 6.61 Å². The lowest BCUT2D eigenvalue weighted by molar-refractivity contribution is 0.0602. The average molecular weight is 298 g/mol. The number of imidazole rings is 1. The van der Waals surface area contributed by atoms with Crippen molar-refractivity contribution in [2.24, 2.45) is 0 Å². The van der Waals surface area contributed by atoms with Gasteiger partial charge in [-0.1, -0.05) is 6.07 Å². The second-order valence-corrected chi connectivity index (χ2v) is 4.64. The quantitative estimate of drug-likeness (QED) is 0.749. The molecule has 0 saturated carbocycles. The first kappa shape index (κ1) is 13.9. The zero-order chi connectivity index (χ0) is 15.5. The smallest absolute Gasteiger partial charge is 0.341 e. The van der Waals surface area contributed by atoms with Crippen LogP contribution in [0.25, 0.3) is 5.65 Å². The third kappa shape index (κ3) is 2.58. The summed E-state index contributed by atoms with van der Waals surface area (Å²) in [6.07, 6.45) is 3.44. The molecule has 22 heavy (non-hydrogen) atoms. The summed E-state index contributed by atoms with van der Waals surface area (Å²) in [5.74, 6) is 0.263. The molecule has 0 aliphatic rings. The average Bonchev–Trinajstić information content (AvgIpc) is 2.95. The van der Waals surface area contributed by atoms with Gasteiger partial charge in [0, 0.05) is 12.3 Å². The summed E-state index contributed by atoms with van der Waals surface area (Å²) in [6.45, 7) is 0.259. The molecule has 0 fully saturated rings. The number of carbonyl (C=O) groups excluding carboxylic acids is 1. The SMILES string of the molecule is COC(=O)c1cccn2c(COc3cccc(O)c3)cnc12. The lowest BCUT2D eigenvalue weighted by Gasteiger charge is -2.07. The van der Waals surface area contributed by atoms with E-state index < -0.39 is 5.97 Å². The third-order valence-electron chi connectivity index (χ3n) is 3.22. The molecule has 0 radical (unpaired) electrons. The van der Waals surface area contributed by atoms with Crippen molar-refractivity contribution < 1.29 is 19.4 Å². The highest BCUT2D eigenvalue weighted by molar-refractivity contribution is 5.95. The molecule has 0 amide bonds. The van der Waals surface area contributed by atoms with E-state index in [1.54, 1.807) is 47.1 Å². The number of aromatic hydroxyl groups is 1. The Morgan fingerprint density at radius 1 is 1.32 bits per heavy atom. The van der Waals surface area contributed by atoms with Gasteiger partial charge in [0.25, 0.3) is 0 Å². The standard InChI is InChI=1S/C16H14N2O4/c1-21-16(20)14-6-3-7-18-11(9-17-15(14)18)10-22-13-5-2-4-12(19)8-13/h2-9,19H,10H2,1H3. The number of pyridine rings is 1. The maximum Gasteiger partial charge on any atom is 0.341 e. The van der Waals surface area contributed by atoms with Gasteiger partial charge in [0.1, 0.15) is 23.7 Å². The zero-order valence-corrected chi connectivity index (χ0v) is 11.9. The van der Waals surface area contributed by atoms with Crippen LogP contribution in [0, 0.1) is 0 Å². The molecule has 112 valence electrons. The molecular formula is C16H14N2O4. The fourth-order valence-electron chi connectivity index (χ4n) is 2.17. The molecule has 0 bridgehead atoms. The minimum atomic E-state index is -0.434. The maximum atomic E-state index is 11.7. The predicted octanol–water partition coefficient (Wildman–Crippen LogP) is 2.41. The Bertz CT molecular complexity index is 826. The Labute approximate surface area is 126 Å². The van der Waals surface area contributed by atoms with Gasteiger partial charge in [-0.15, -0.1) is 0 Å². The molecule has 0 aliphatic carbocycles. The molecule has 0 unspecified atom stereocenters. The van der Waals surface area contributed by atoms with E-state index in [4.69, 9.17) is 9.47 Å². The molecular weight excluding hydrogens is 284 g/mol. The monoisotopic (exact) mass is 298 g/mol. The van der Waals surface area contributed by atoms with Crippen molar-refractivity contribution >= 4 is 11.6 Å². The molecule has 6 heteroatoms. The van der Waals surface area contributed by atoms with Crippen molar-refractivity contribution in [2.75, 3.05) is 7.11 Å². The zero-order valence-electron chi connectivity index (χ0n) is 11.9. The number of hydrogen-bond acceptors (Lipinski definition) is 5. The minimum absolute atomic E-state index is 0.142. The lowest BCUT2D eigenvalue weighted by atomic mass is 10.3. The molecule has 0 saturated heterocycles. The van der Waals surface area contributed by atoms with Crippen LogP contribution in [-0.2, 0) is 11.3 Å². The van der Waals surface area contributed by atoms with E-state index in [0.29, 0.717) is 17.0 Å². The van der Waals surface area contributed by atoms with Crippen LogP contribution in [0.3, 0.4) is 0 Å². The molecule has 2 aromatic heterocycles. The van der Waals surface area contributed by atoms with E-state index in [1.165, 1.54) is 13.2 Å². The molecule has 1 aromatic carbocycles. The number of esters is 1. The van der Waals surface area contributed by atoms with Crippen molar-refractivity contribution in [3.05, 3.63) is 60.0 Å². The number of phenolic OH excluding ortho intramolecular Hbond substituents is 1. The summed E-state index contributed by atoms with van der Waals surface area (Å²) >= 11 is 0. The van der Waals surface area contributed by atoms with Gasteiger partial charge in [-0.2, -0.15) is 0 Å².